The molecule has 1 fully saturated rings. The van der Waals surface area contributed by atoms with Crippen LogP contribution in [0, 0.1) is 13.8 Å². The Morgan fingerprint density at radius 3 is 2.82 bits per heavy atom. The molecule has 0 aliphatic carbocycles. The number of carbonyl (C=O) groups is 1. The van der Waals surface area contributed by atoms with Crippen LogP contribution < -0.4 is 0 Å². The third-order valence-corrected chi connectivity index (χ3v) is 7.92. The Morgan fingerprint density at radius 1 is 1.32 bits per heavy atom. The lowest BCUT2D eigenvalue weighted by molar-refractivity contribution is -0.133. The Kier molecular flexibility index (Phi) is 5.05. The van der Waals surface area contributed by atoms with E-state index in [9.17, 15) is 13.2 Å². The molecule has 1 aliphatic heterocycles. The molecule has 28 heavy (non-hydrogen) atoms. The Morgan fingerprint density at radius 2 is 2.14 bits per heavy atom. The normalized spacial score (nSPS) is 18.6. The molecule has 3 heterocycles. The number of benzene rings is 1. The summed E-state index contributed by atoms with van der Waals surface area (Å²) in [7, 11) is -3.07. The fourth-order valence-electron chi connectivity index (χ4n) is 4.03. The number of carbonyl (C=O) groups excluding carboxylic acids is 1. The average Bonchev–Trinajstić information content (AvgIpc) is 3.33. The first-order valence-corrected chi connectivity index (χ1v) is 12.0. The lowest BCUT2D eigenvalue weighted by Crippen LogP contribution is -2.41. The largest absolute Gasteiger partial charge is 0.464 e. The van der Waals surface area contributed by atoms with Crippen LogP contribution in [-0.2, 0) is 27.6 Å². The SMILES string of the molecule is Cc1cc(C)c2c(CC(=O)N(Cc3cccs3)C3CCS(=O)(=O)C3)coc2c1. The van der Waals surface area contributed by atoms with E-state index in [0.29, 0.717) is 13.0 Å². The molecule has 0 saturated carbocycles. The zero-order chi connectivity index (χ0) is 19.9. The molecule has 1 aliphatic rings. The molecule has 1 atom stereocenters. The molecule has 0 N–H and O–H groups in total. The predicted molar refractivity (Wildman–Crippen MR) is 111 cm³/mol. The van der Waals surface area contributed by atoms with Gasteiger partial charge in [0, 0.05) is 21.9 Å². The summed E-state index contributed by atoms with van der Waals surface area (Å²) < 4.78 is 29.7. The van der Waals surface area contributed by atoms with Crippen molar-refractivity contribution in [3.8, 4) is 0 Å². The second-order valence-corrected chi connectivity index (χ2v) is 10.8. The molecule has 148 valence electrons. The quantitative estimate of drug-likeness (QED) is 0.632. The fourth-order valence-corrected chi connectivity index (χ4v) is 6.47. The molecule has 5 nitrogen and oxygen atoms in total. The van der Waals surface area contributed by atoms with Gasteiger partial charge in [-0.25, -0.2) is 8.42 Å². The number of rotatable bonds is 5. The predicted octanol–water partition coefficient (Wildman–Crippen LogP) is 3.87. The summed E-state index contributed by atoms with van der Waals surface area (Å²) in [6.07, 6.45) is 2.37. The summed E-state index contributed by atoms with van der Waals surface area (Å²) in [6, 6.07) is 7.72. The first-order valence-electron chi connectivity index (χ1n) is 9.32. The van der Waals surface area contributed by atoms with Crippen molar-refractivity contribution < 1.29 is 17.6 Å². The van der Waals surface area contributed by atoms with Gasteiger partial charge < -0.3 is 9.32 Å². The summed E-state index contributed by atoms with van der Waals surface area (Å²) in [5.41, 5.74) is 3.84. The second kappa shape index (κ2) is 7.37. The van der Waals surface area contributed by atoms with E-state index in [1.807, 2.05) is 37.4 Å². The van der Waals surface area contributed by atoms with Gasteiger partial charge in [-0.05, 0) is 48.9 Å². The summed E-state index contributed by atoms with van der Waals surface area (Å²) in [6.45, 7) is 4.49. The molecule has 0 spiro atoms. The summed E-state index contributed by atoms with van der Waals surface area (Å²) in [4.78, 5) is 16.1. The van der Waals surface area contributed by atoms with E-state index < -0.39 is 9.84 Å². The highest BCUT2D eigenvalue weighted by atomic mass is 32.2. The highest BCUT2D eigenvalue weighted by Gasteiger charge is 2.35. The molecule has 2 aromatic heterocycles. The Balaban J connectivity index is 1.62. The van der Waals surface area contributed by atoms with Crippen LogP contribution in [0.3, 0.4) is 0 Å². The molecule has 1 saturated heterocycles. The van der Waals surface area contributed by atoms with E-state index in [2.05, 4.69) is 6.07 Å². The molecule has 0 radical (unpaired) electrons. The Hall–Kier alpha value is -2.12. The third-order valence-electron chi connectivity index (χ3n) is 5.31. The van der Waals surface area contributed by atoms with Crippen molar-refractivity contribution in [3.05, 3.63) is 57.5 Å². The van der Waals surface area contributed by atoms with Crippen LogP contribution in [0.5, 0.6) is 0 Å². The lowest BCUT2D eigenvalue weighted by atomic mass is 10.0. The lowest BCUT2D eigenvalue weighted by Gasteiger charge is -2.28. The zero-order valence-corrected chi connectivity index (χ0v) is 17.6. The van der Waals surface area contributed by atoms with E-state index in [4.69, 9.17) is 4.42 Å². The van der Waals surface area contributed by atoms with Gasteiger partial charge in [-0.15, -0.1) is 11.3 Å². The maximum Gasteiger partial charge on any atom is 0.227 e. The molecule has 0 bridgehead atoms. The van der Waals surface area contributed by atoms with Crippen molar-refractivity contribution in [1.29, 1.82) is 0 Å². The molecule has 7 heteroatoms. The van der Waals surface area contributed by atoms with E-state index >= 15 is 0 Å². The smallest absolute Gasteiger partial charge is 0.227 e. The number of thiophene rings is 1. The molecule has 4 rings (SSSR count). The van der Waals surface area contributed by atoms with Gasteiger partial charge in [-0.1, -0.05) is 12.1 Å². The van der Waals surface area contributed by atoms with Crippen molar-refractivity contribution in [1.82, 2.24) is 4.90 Å². The van der Waals surface area contributed by atoms with Gasteiger partial charge in [0.15, 0.2) is 9.84 Å². The molecule has 1 unspecified atom stereocenters. The van der Waals surface area contributed by atoms with Crippen molar-refractivity contribution in [2.75, 3.05) is 11.5 Å². The fraction of sp³-hybridized carbons (Fsp3) is 0.381. The number of fused-ring (bicyclic) bond motifs is 1. The number of amides is 1. The van der Waals surface area contributed by atoms with Crippen LogP contribution in [0.2, 0.25) is 0 Å². The first-order chi connectivity index (χ1) is 13.3. The van der Waals surface area contributed by atoms with Gasteiger partial charge in [-0.2, -0.15) is 0 Å². The van der Waals surface area contributed by atoms with E-state index in [0.717, 1.165) is 32.5 Å². The maximum atomic E-state index is 13.3. The number of hydrogen-bond donors (Lipinski definition) is 0. The van der Waals surface area contributed by atoms with Gasteiger partial charge in [0.25, 0.3) is 0 Å². The van der Waals surface area contributed by atoms with Gasteiger partial charge in [0.1, 0.15) is 5.58 Å². The number of aryl methyl sites for hydroxylation is 2. The molecule has 1 amide bonds. The Bertz CT molecular complexity index is 1110. The van der Waals surface area contributed by atoms with Crippen LogP contribution in [-0.4, -0.2) is 36.8 Å². The number of nitrogens with zero attached hydrogens (tertiary/aromatic N) is 1. The van der Waals surface area contributed by atoms with Crippen molar-refractivity contribution in [2.24, 2.45) is 0 Å². The first kappa shape index (κ1) is 19.2. The van der Waals surface area contributed by atoms with Crippen molar-refractivity contribution in [2.45, 2.75) is 39.3 Å². The third kappa shape index (κ3) is 3.86. The topological polar surface area (TPSA) is 67.6 Å². The van der Waals surface area contributed by atoms with Gasteiger partial charge in [0.05, 0.1) is 30.7 Å². The Labute approximate surface area is 168 Å². The number of hydrogen-bond acceptors (Lipinski definition) is 5. The van der Waals surface area contributed by atoms with Crippen molar-refractivity contribution >= 4 is 38.1 Å². The molecule has 3 aromatic rings. The summed E-state index contributed by atoms with van der Waals surface area (Å²) >= 11 is 1.58. The maximum absolute atomic E-state index is 13.3. The van der Waals surface area contributed by atoms with E-state index in [-0.39, 0.29) is 29.9 Å². The van der Waals surface area contributed by atoms with Gasteiger partial charge in [0.2, 0.25) is 5.91 Å². The van der Waals surface area contributed by atoms with Crippen LogP contribution in [0.4, 0.5) is 0 Å². The minimum atomic E-state index is -3.07. The van der Waals surface area contributed by atoms with Gasteiger partial charge in [-0.3, -0.25) is 4.79 Å². The average molecular weight is 418 g/mol. The zero-order valence-electron chi connectivity index (χ0n) is 16.0. The highest BCUT2D eigenvalue weighted by molar-refractivity contribution is 7.91. The highest BCUT2D eigenvalue weighted by Crippen LogP contribution is 2.28. The molecular formula is C21H23NO4S2. The van der Waals surface area contributed by atoms with Crippen LogP contribution in [0.15, 0.2) is 40.3 Å². The van der Waals surface area contributed by atoms with Crippen LogP contribution in [0.25, 0.3) is 11.0 Å². The minimum Gasteiger partial charge on any atom is -0.464 e. The molecular weight excluding hydrogens is 394 g/mol. The van der Waals surface area contributed by atoms with Crippen LogP contribution >= 0.6 is 11.3 Å². The van der Waals surface area contributed by atoms with Crippen molar-refractivity contribution in [3.63, 3.8) is 0 Å². The molecule has 1 aromatic carbocycles. The second-order valence-electron chi connectivity index (χ2n) is 7.55. The van der Waals surface area contributed by atoms with Crippen LogP contribution in [0.1, 0.15) is 28.0 Å². The number of furan rings is 1. The number of sulfone groups is 1. The van der Waals surface area contributed by atoms with Gasteiger partial charge >= 0.3 is 0 Å². The monoisotopic (exact) mass is 417 g/mol. The summed E-state index contributed by atoms with van der Waals surface area (Å²) in [5.74, 6) is 0.145. The minimum absolute atomic E-state index is 0.0501. The summed E-state index contributed by atoms with van der Waals surface area (Å²) in [5, 5.41) is 2.95. The van der Waals surface area contributed by atoms with E-state index in [1.165, 1.54) is 0 Å². The standard InChI is InChI=1S/C21H23NO4S2/c1-14-8-15(2)21-16(12-26-19(21)9-14)10-20(23)22(11-18-4-3-6-27-18)17-5-7-28(24,25)13-17/h3-4,6,8-9,12,17H,5,7,10-11,13H2,1-2H3. The van der Waals surface area contributed by atoms with E-state index in [1.54, 1.807) is 22.5 Å².